The highest BCUT2D eigenvalue weighted by Gasteiger charge is 2.29. The van der Waals surface area contributed by atoms with Crippen molar-refractivity contribution in [1.29, 1.82) is 0 Å². The first-order valence-corrected chi connectivity index (χ1v) is 6.99. The van der Waals surface area contributed by atoms with Crippen LogP contribution < -0.4 is 10.6 Å². The van der Waals surface area contributed by atoms with E-state index >= 15 is 0 Å². The lowest BCUT2D eigenvalue weighted by Gasteiger charge is -2.09. The third kappa shape index (κ3) is 2.73. The van der Waals surface area contributed by atoms with Crippen LogP contribution in [0, 0.1) is 0 Å². The van der Waals surface area contributed by atoms with E-state index in [9.17, 15) is 4.79 Å². The molecule has 102 valence electrons. The lowest BCUT2D eigenvalue weighted by Crippen LogP contribution is -2.20. The van der Waals surface area contributed by atoms with Crippen molar-refractivity contribution >= 4 is 11.6 Å². The van der Waals surface area contributed by atoms with Crippen molar-refractivity contribution in [3.63, 3.8) is 0 Å². The van der Waals surface area contributed by atoms with Crippen LogP contribution in [0.2, 0.25) is 0 Å². The molecule has 2 aromatic rings. The van der Waals surface area contributed by atoms with Gasteiger partial charge < -0.3 is 10.6 Å². The SMILES string of the molecule is O=C1Nc2ccccc2C1CCNCc1ccccc1. The maximum Gasteiger partial charge on any atom is 0.232 e. The second-order valence-electron chi connectivity index (χ2n) is 5.08. The molecule has 3 nitrogen and oxygen atoms in total. The molecule has 1 heterocycles. The minimum atomic E-state index is -0.0190. The van der Waals surface area contributed by atoms with E-state index in [0.29, 0.717) is 0 Å². The average Bonchev–Trinajstić information content (AvgIpc) is 2.80. The van der Waals surface area contributed by atoms with Gasteiger partial charge in [0.25, 0.3) is 0 Å². The molecule has 0 radical (unpaired) electrons. The molecule has 3 heteroatoms. The summed E-state index contributed by atoms with van der Waals surface area (Å²) >= 11 is 0. The minimum absolute atomic E-state index is 0.0190. The van der Waals surface area contributed by atoms with E-state index in [-0.39, 0.29) is 11.8 Å². The minimum Gasteiger partial charge on any atom is -0.325 e. The summed E-state index contributed by atoms with van der Waals surface area (Å²) in [4.78, 5) is 12.0. The second kappa shape index (κ2) is 5.88. The van der Waals surface area contributed by atoms with Gasteiger partial charge in [0.2, 0.25) is 5.91 Å². The standard InChI is InChI=1S/C17H18N2O/c20-17-15(14-8-4-5-9-16(14)19-17)10-11-18-12-13-6-2-1-3-7-13/h1-9,15,18H,10-12H2,(H,19,20). The van der Waals surface area contributed by atoms with Gasteiger partial charge >= 0.3 is 0 Å². The Morgan fingerprint density at radius 3 is 2.60 bits per heavy atom. The molecule has 1 atom stereocenters. The Morgan fingerprint density at radius 1 is 1.00 bits per heavy atom. The predicted octanol–water partition coefficient (Wildman–Crippen LogP) is 2.90. The summed E-state index contributed by atoms with van der Waals surface area (Å²) in [5, 5.41) is 6.34. The van der Waals surface area contributed by atoms with Gasteiger partial charge in [-0.05, 0) is 30.2 Å². The van der Waals surface area contributed by atoms with Crippen molar-refractivity contribution < 1.29 is 4.79 Å². The molecule has 1 aliphatic rings. The monoisotopic (exact) mass is 266 g/mol. The molecule has 2 N–H and O–H groups in total. The molecule has 0 aliphatic carbocycles. The molecule has 1 aliphatic heterocycles. The molecule has 0 spiro atoms. The third-order valence-electron chi connectivity index (χ3n) is 3.69. The van der Waals surface area contributed by atoms with Crippen LogP contribution in [0.25, 0.3) is 0 Å². The quantitative estimate of drug-likeness (QED) is 0.817. The molecule has 0 saturated heterocycles. The molecule has 2 aromatic carbocycles. The normalized spacial score (nSPS) is 16.8. The van der Waals surface area contributed by atoms with Crippen LogP contribution >= 0.6 is 0 Å². The highest BCUT2D eigenvalue weighted by molar-refractivity contribution is 6.02. The molecule has 0 bridgehead atoms. The van der Waals surface area contributed by atoms with E-state index in [2.05, 4.69) is 22.8 Å². The van der Waals surface area contributed by atoms with Crippen molar-refractivity contribution in [1.82, 2.24) is 5.32 Å². The van der Waals surface area contributed by atoms with E-state index in [0.717, 1.165) is 30.8 Å². The summed E-state index contributed by atoms with van der Waals surface area (Å²) in [7, 11) is 0. The summed E-state index contributed by atoms with van der Waals surface area (Å²) in [6.45, 7) is 1.68. The van der Waals surface area contributed by atoms with Crippen LogP contribution in [0.4, 0.5) is 5.69 Å². The van der Waals surface area contributed by atoms with Gasteiger partial charge in [-0.1, -0.05) is 48.5 Å². The number of carbonyl (C=O) groups excluding carboxylic acids is 1. The van der Waals surface area contributed by atoms with Gasteiger partial charge in [0, 0.05) is 12.2 Å². The van der Waals surface area contributed by atoms with E-state index in [1.807, 2.05) is 42.5 Å². The Bertz CT molecular complexity index is 595. The third-order valence-corrected chi connectivity index (χ3v) is 3.69. The maximum atomic E-state index is 12.0. The van der Waals surface area contributed by atoms with Crippen LogP contribution in [0.3, 0.4) is 0 Å². The number of benzene rings is 2. The van der Waals surface area contributed by atoms with Gasteiger partial charge in [0.05, 0.1) is 5.92 Å². The Balaban J connectivity index is 1.53. The summed E-state index contributed by atoms with van der Waals surface area (Å²) < 4.78 is 0. The number of rotatable bonds is 5. The number of hydrogen-bond acceptors (Lipinski definition) is 2. The van der Waals surface area contributed by atoms with Gasteiger partial charge in [0.15, 0.2) is 0 Å². The highest BCUT2D eigenvalue weighted by Crippen LogP contribution is 2.33. The molecule has 0 saturated carbocycles. The molecular formula is C17H18N2O. The largest absolute Gasteiger partial charge is 0.325 e. The Kier molecular flexibility index (Phi) is 3.79. The van der Waals surface area contributed by atoms with Crippen molar-refractivity contribution in [3.05, 3.63) is 65.7 Å². The Labute approximate surface area is 119 Å². The van der Waals surface area contributed by atoms with Crippen molar-refractivity contribution in [2.24, 2.45) is 0 Å². The van der Waals surface area contributed by atoms with Gasteiger partial charge in [-0.2, -0.15) is 0 Å². The molecule has 20 heavy (non-hydrogen) atoms. The number of anilines is 1. The van der Waals surface area contributed by atoms with Gasteiger partial charge in [-0.15, -0.1) is 0 Å². The van der Waals surface area contributed by atoms with Crippen LogP contribution in [-0.2, 0) is 11.3 Å². The topological polar surface area (TPSA) is 41.1 Å². The maximum absolute atomic E-state index is 12.0. The van der Waals surface area contributed by atoms with Crippen molar-refractivity contribution in [3.8, 4) is 0 Å². The van der Waals surface area contributed by atoms with E-state index in [1.165, 1.54) is 5.56 Å². The number of para-hydroxylation sites is 1. The summed E-state index contributed by atoms with van der Waals surface area (Å²) in [6.07, 6.45) is 0.829. The number of nitrogens with one attached hydrogen (secondary N) is 2. The Hall–Kier alpha value is -2.13. The smallest absolute Gasteiger partial charge is 0.232 e. The first-order valence-electron chi connectivity index (χ1n) is 6.99. The fourth-order valence-electron chi connectivity index (χ4n) is 2.64. The van der Waals surface area contributed by atoms with Crippen molar-refractivity contribution in [2.75, 3.05) is 11.9 Å². The molecule has 0 fully saturated rings. The first kappa shape index (κ1) is 12.9. The molecule has 3 rings (SSSR count). The number of amides is 1. The fourth-order valence-corrected chi connectivity index (χ4v) is 2.64. The molecule has 1 unspecified atom stereocenters. The number of hydrogen-bond donors (Lipinski definition) is 2. The van der Waals surface area contributed by atoms with E-state index in [4.69, 9.17) is 0 Å². The average molecular weight is 266 g/mol. The highest BCUT2D eigenvalue weighted by atomic mass is 16.2. The fraction of sp³-hybridized carbons (Fsp3) is 0.235. The second-order valence-corrected chi connectivity index (χ2v) is 5.08. The van der Waals surface area contributed by atoms with Crippen LogP contribution in [0.15, 0.2) is 54.6 Å². The first-order chi connectivity index (χ1) is 9.84. The number of fused-ring (bicyclic) bond motifs is 1. The van der Waals surface area contributed by atoms with Crippen molar-refractivity contribution in [2.45, 2.75) is 18.9 Å². The van der Waals surface area contributed by atoms with Crippen LogP contribution in [0.5, 0.6) is 0 Å². The Morgan fingerprint density at radius 2 is 1.75 bits per heavy atom. The summed E-state index contributed by atoms with van der Waals surface area (Å²) in [5.41, 5.74) is 3.35. The zero-order valence-electron chi connectivity index (χ0n) is 11.3. The van der Waals surface area contributed by atoms with Crippen LogP contribution in [-0.4, -0.2) is 12.5 Å². The van der Waals surface area contributed by atoms with Gasteiger partial charge in [0.1, 0.15) is 0 Å². The molecular weight excluding hydrogens is 248 g/mol. The molecule has 0 aromatic heterocycles. The van der Waals surface area contributed by atoms with E-state index < -0.39 is 0 Å². The number of carbonyl (C=O) groups is 1. The summed E-state index contributed by atoms with van der Waals surface area (Å²) in [5.74, 6) is 0.0992. The lowest BCUT2D eigenvalue weighted by atomic mass is 9.97. The zero-order chi connectivity index (χ0) is 13.8. The van der Waals surface area contributed by atoms with Crippen LogP contribution in [0.1, 0.15) is 23.5 Å². The van der Waals surface area contributed by atoms with Gasteiger partial charge in [-0.3, -0.25) is 4.79 Å². The lowest BCUT2D eigenvalue weighted by molar-refractivity contribution is -0.117. The zero-order valence-corrected chi connectivity index (χ0v) is 11.3. The van der Waals surface area contributed by atoms with E-state index in [1.54, 1.807) is 0 Å². The van der Waals surface area contributed by atoms with Gasteiger partial charge in [-0.25, -0.2) is 0 Å². The predicted molar refractivity (Wildman–Crippen MR) is 80.6 cm³/mol. The summed E-state index contributed by atoms with van der Waals surface area (Å²) in [6, 6.07) is 18.2. The molecule has 1 amide bonds.